The number of nitrogens with one attached hydrogen (secondary N) is 2. The molecule has 1 amide bonds. The largest absolute Gasteiger partial charge is 0.358 e. The van der Waals surface area contributed by atoms with Crippen molar-refractivity contribution in [1.29, 1.82) is 0 Å². The maximum absolute atomic E-state index is 13.2. The molecule has 27 heavy (non-hydrogen) atoms. The Balaban J connectivity index is 1.49. The second-order valence-electron chi connectivity index (χ2n) is 6.77. The number of nitrogens with zero attached hydrogens (tertiary/aromatic N) is 2. The molecule has 0 aliphatic carbocycles. The minimum atomic E-state index is -0.00960. The third kappa shape index (κ3) is 2.71. The number of hydrogen-bond acceptors (Lipinski definition) is 2. The number of rotatable bonds is 2. The molecule has 0 bridgehead atoms. The lowest BCUT2D eigenvalue weighted by Crippen LogP contribution is -2.35. The van der Waals surface area contributed by atoms with Crippen molar-refractivity contribution in [3.05, 3.63) is 76.6 Å². The first kappa shape index (κ1) is 16.1. The van der Waals surface area contributed by atoms with Crippen LogP contribution in [0.15, 0.2) is 54.7 Å². The molecule has 2 aromatic carbocycles. The molecular weight excluding hydrogens is 360 g/mol. The lowest BCUT2D eigenvalue weighted by Gasteiger charge is -2.27. The van der Waals surface area contributed by atoms with E-state index in [1.807, 2.05) is 53.4 Å². The standard InChI is InChI=1S/C21H17ClN4O/c22-14-6-7-18-15(10-14)17-12-26(9-8-19(17)24-18)21(27)16-11-23-25-20(16)13-4-2-1-3-5-13/h1-7,10-11,24H,8-9,12H2,(H,23,25). The van der Waals surface area contributed by atoms with Gasteiger partial charge in [-0.2, -0.15) is 5.10 Å². The molecule has 0 radical (unpaired) electrons. The Morgan fingerprint density at radius 3 is 2.85 bits per heavy atom. The molecule has 0 spiro atoms. The van der Waals surface area contributed by atoms with Gasteiger partial charge < -0.3 is 9.88 Å². The van der Waals surface area contributed by atoms with Crippen molar-refractivity contribution in [3.8, 4) is 11.3 Å². The van der Waals surface area contributed by atoms with Crippen LogP contribution >= 0.6 is 11.6 Å². The highest BCUT2D eigenvalue weighted by molar-refractivity contribution is 6.31. The number of H-pyrrole nitrogens is 2. The molecule has 0 atom stereocenters. The zero-order chi connectivity index (χ0) is 18.4. The van der Waals surface area contributed by atoms with Crippen LogP contribution in [0.25, 0.3) is 22.2 Å². The normalized spacial score (nSPS) is 13.7. The van der Waals surface area contributed by atoms with Crippen LogP contribution in [0, 0.1) is 0 Å². The van der Waals surface area contributed by atoms with Crippen molar-refractivity contribution in [2.24, 2.45) is 0 Å². The Morgan fingerprint density at radius 2 is 2.00 bits per heavy atom. The van der Waals surface area contributed by atoms with Crippen LogP contribution in [-0.2, 0) is 13.0 Å². The first-order valence-corrected chi connectivity index (χ1v) is 9.25. The number of halogens is 1. The summed E-state index contributed by atoms with van der Waals surface area (Å²) in [5.41, 5.74) is 5.71. The summed E-state index contributed by atoms with van der Waals surface area (Å²) in [6.45, 7) is 1.24. The molecule has 2 N–H and O–H groups in total. The van der Waals surface area contributed by atoms with E-state index in [0.29, 0.717) is 23.7 Å². The number of carbonyl (C=O) groups is 1. The van der Waals surface area contributed by atoms with Crippen LogP contribution in [0.1, 0.15) is 21.6 Å². The van der Waals surface area contributed by atoms with Gasteiger partial charge in [-0.15, -0.1) is 0 Å². The molecule has 1 aliphatic heterocycles. The molecule has 5 rings (SSSR count). The molecule has 134 valence electrons. The quantitative estimate of drug-likeness (QED) is 0.544. The van der Waals surface area contributed by atoms with E-state index >= 15 is 0 Å². The van der Waals surface area contributed by atoms with Crippen LogP contribution < -0.4 is 0 Å². The maximum Gasteiger partial charge on any atom is 0.258 e. The molecule has 0 saturated carbocycles. The van der Waals surface area contributed by atoms with E-state index in [9.17, 15) is 4.79 Å². The number of amides is 1. The number of aromatic amines is 2. The van der Waals surface area contributed by atoms with Crippen LogP contribution in [0.4, 0.5) is 0 Å². The minimum Gasteiger partial charge on any atom is -0.358 e. The Morgan fingerprint density at radius 1 is 1.15 bits per heavy atom. The van der Waals surface area contributed by atoms with Crippen LogP contribution in [0.3, 0.4) is 0 Å². The number of benzene rings is 2. The Bertz CT molecular complexity index is 1150. The molecular formula is C21H17ClN4O. The summed E-state index contributed by atoms with van der Waals surface area (Å²) in [7, 11) is 0. The summed E-state index contributed by atoms with van der Waals surface area (Å²) in [4.78, 5) is 18.6. The number of carbonyl (C=O) groups excluding carboxylic acids is 1. The summed E-state index contributed by atoms with van der Waals surface area (Å²) in [6.07, 6.45) is 2.41. The Hall–Kier alpha value is -3.05. The molecule has 3 heterocycles. The number of aromatic nitrogens is 3. The highest BCUT2D eigenvalue weighted by Gasteiger charge is 2.27. The maximum atomic E-state index is 13.2. The van der Waals surface area contributed by atoms with Gasteiger partial charge in [0, 0.05) is 52.3 Å². The van der Waals surface area contributed by atoms with Gasteiger partial charge in [0.1, 0.15) is 0 Å². The SMILES string of the molecule is O=C(c1cn[nH]c1-c1ccccc1)N1CCc2[nH]c3ccc(Cl)cc3c2C1. The summed E-state index contributed by atoms with van der Waals surface area (Å²) in [5.74, 6) is -0.00960. The van der Waals surface area contributed by atoms with Gasteiger partial charge in [0.05, 0.1) is 17.5 Å². The van der Waals surface area contributed by atoms with Crippen molar-refractivity contribution in [2.75, 3.05) is 6.54 Å². The molecule has 6 heteroatoms. The minimum absolute atomic E-state index is 0.00960. The molecule has 5 nitrogen and oxygen atoms in total. The fourth-order valence-corrected chi connectivity index (χ4v) is 3.98. The number of fused-ring (bicyclic) bond motifs is 3. The molecule has 1 aliphatic rings. The second-order valence-corrected chi connectivity index (χ2v) is 7.21. The summed E-state index contributed by atoms with van der Waals surface area (Å²) in [6, 6.07) is 15.6. The fourth-order valence-electron chi connectivity index (χ4n) is 3.80. The van der Waals surface area contributed by atoms with Gasteiger partial charge in [-0.3, -0.25) is 9.89 Å². The molecule has 0 saturated heterocycles. The van der Waals surface area contributed by atoms with Gasteiger partial charge in [-0.05, 0) is 18.2 Å². The monoisotopic (exact) mass is 376 g/mol. The second kappa shape index (κ2) is 6.28. The fraction of sp³-hybridized carbons (Fsp3) is 0.143. The molecule has 2 aromatic heterocycles. The zero-order valence-corrected chi connectivity index (χ0v) is 15.3. The van der Waals surface area contributed by atoms with Crippen molar-refractivity contribution in [3.63, 3.8) is 0 Å². The van der Waals surface area contributed by atoms with Crippen LogP contribution in [0.5, 0.6) is 0 Å². The topological polar surface area (TPSA) is 64.8 Å². The Kier molecular flexibility index (Phi) is 3.76. The van der Waals surface area contributed by atoms with Gasteiger partial charge in [0.2, 0.25) is 0 Å². The first-order valence-electron chi connectivity index (χ1n) is 8.88. The van der Waals surface area contributed by atoms with Gasteiger partial charge in [0.25, 0.3) is 5.91 Å². The summed E-state index contributed by atoms with van der Waals surface area (Å²) >= 11 is 6.18. The van der Waals surface area contributed by atoms with Crippen molar-refractivity contribution in [1.82, 2.24) is 20.1 Å². The molecule has 0 unspecified atom stereocenters. The lowest BCUT2D eigenvalue weighted by atomic mass is 10.0. The van der Waals surface area contributed by atoms with E-state index in [2.05, 4.69) is 15.2 Å². The third-order valence-corrected chi connectivity index (χ3v) is 5.39. The number of hydrogen-bond donors (Lipinski definition) is 2. The van der Waals surface area contributed by atoms with Gasteiger partial charge in [0.15, 0.2) is 0 Å². The van der Waals surface area contributed by atoms with Crippen molar-refractivity contribution >= 4 is 28.4 Å². The first-order chi connectivity index (χ1) is 13.2. The summed E-state index contributed by atoms with van der Waals surface area (Å²) < 4.78 is 0. The predicted molar refractivity (Wildman–Crippen MR) is 106 cm³/mol. The predicted octanol–water partition coefficient (Wildman–Crippen LogP) is 4.41. The highest BCUT2D eigenvalue weighted by atomic mass is 35.5. The smallest absolute Gasteiger partial charge is 0.258 e. The lowest BCUT2D eigenvalue weighted by molar-refractivity contribution is 0.0736. The van der Waals surface area contributed by atoms with Gasteiger partial charge >= 0.3 is 0 Å². The highest BCUT2D eigenvalue weighted by Crippen LogP contribution is 2.31. The van der Waals surface area contributed by atoms with E-state index in [1.54, 1.807) is 6.20 Å². The molecule has 4 aromatic rings. The third-order valence-electron chi connectivity index (χ3n) is 5.16. The van der Waals surface area contributed by atoms with Crippen molar-refractivity contribution < 1.29 is 4.79 Å². The average molecular weight is 377 g/mol. The van der Waals surface area contributed by atoms with Gasteiger partial charge in [-0.25, -0.2) is 0 Å². The van der Waals surface area contributed by atoms with Crippen LogP contribution in [0.2, 0.25) is 5.02 Å². The van der Waals surface area contributed by atoms with E-state index in [1.165, 1.54) is 5.69 Å². The van der Waals surface area contributed by atoms with E-state index < -0.39 is 0 Å². The van der Waals surface area contributed by atoms with E-state index in [-0.39, 0.29) is 5.91 Å². The van der Waals surface area contributed by atoms with E-state index in [0.717, 1.165) is 34.1 Å². The van der Waals surface area contributed by atoms with E-state index in [4.69, 9.17) is 11.6 Å². The zero-order valence-electron chi connectivity index (χ0n) is 14.5. The Labute approximate surface area is 161 Å². The van der Waals surface area contributed by atoms with Gasteiger partial charge in [-0.1, -0.05) is 41.9 Å². The van der Waals surface area contributed by atoms with Crippen molar-refractivity contribution in [2.45, 2.75) is 13.0 Å². The summed E-state index contributed by atoms with van der Waals surface area (Å²) in [5, 5.41) is 8.88. The average Bonchev–Trinajstić information content (AvgIpc) is 3.32. The molecule has 0 fully saturated rings. The van der Waals surface area contributed by atoms with Crippen LogP contribution in [-0.4, -0.2) is 32.5 Å².